The number of halogens is 19. The molecule has 60 heavy (non-hydrogen) atoms. The molecule has 3 rings (SSSR count). The Bertz CT molecular complexity index is 1410. The highest BCUT2D eigenvalue weighted by Crippen LogP contribution is 2.58. The Morgan fingerprint density at radius 3 is 1.13 bits per heavy atom. The molecule has 0 saturated heterocycles. The normalized spacial score (nSPS) is 24.8. The van der Waals surface area contributed by atoms with Crippen molar-refractivity contribution in [1.82, 2.24) is 0 Å². The SMILES string of the molecule is CCC(C)c1cc(C(OCOC2CCC(C(C)(O)C(F)(F)F)CC2)(C(F)(F)F)C(F)(F)F)cc(C(OCOC2CCC(C(O)(F)C(F)(F)F)CC2)(C(F)(F)F)C(F)(F)F)c1. The average Bonchev–Trinajstić information content (AvgIpc) is 3.08. The maximum absolute atomic E-state index is 14.9. The van der Waals surface area contributed by atoms with Crippen LogP contribution in [0.25, 0.3) is 0 Å². The molecular weight excluding hydrogens is 877 g/mol. The zero-order chi connectivity index (χ0) is 46.3. The van der Waals surface area contributed by atoms with Gasteiger partial charge in [0, 0.05) is 17.0 Å². The second-order valence-electron chi connectivity index (χ2n) is 15.1. The second kappa shape index (κ2) is 17.7. The fraction of sp³-hybridized carbons (Fsp3) is 0.829. The first kappa shape index (κ1) is 52.0. The minimum absolute atomic E-state index is 0.0192. The molecule has 6 nitrogen and oxygen atoms in total. The Balaban J connectivity index is 2.07. The van der Waals surface area contributed by atoms with E-state index in [1.165, 1.54) is 6.92 Å². The Labute approximate surface area is 329 Å². The molecule has 0 amide bonds. The molecule has 2 aliphatic rings. The Hall–Kier alpha value is -2.35. The van der Waals surface area contributed by atoms with Gasteiger partial charge in [-0.15, -0.1) is 0 Å². The molecule has 1 aromatic rings. The summed E-state index contributed by atoms with van der Waals surface area (Å²) in [5.74, 6) is -9.62. The van der Waals surface area contributed by atoms with E-state index in [9.17, 15) is 93.6 Å². The van der Waals surface area contributed by atoms with E-state index in [1.54, 1.807) is 0 Å². The molecule has 2 saturated carbocycles. The predicted octanol–water partition coefficient (Wildman–Crippen LogP) is 11.5. The molecule has 3 unspecified atom stereocenters. The summed E-state index contributed by atoms with van der Waals surface area (Å²) >= 11 is 0. The van der Waals surface area contributed by atoms with Crippen LogP contribution >= 0.6 is 0 Å². The highest BCUT2D eigenvalue weighted by Gasteiger charge is 2.76. The van der Waals surface area contributed by atoms with Gasteiger partial charge in [0.25, 0.3) is 11.2 Å². The molecule has 2 aliphatic carbocycles. The van der Waals surface area contributed by atoms with Gasteiger partial charge in [-0.25, -0.2) is 4.39 Å². The Morgan fingerprint density at radius 2 is 0.850 bits per heavy atom. The maximum atomic E-state index is 14.9. The summed E-state index contributed by atoms with van der Waals surface area (Å²) in [6.07, 6.45) is -45.9. The lowest BCUT2D eigenvalue weighted by molar-refractivity contribution is -0.405. The molecule has 0 aromatic heterocycles. The van der Waals surface area contributed by atoms with E-state index in [-0.39, 0.29) is 18.6 Å². The molecule has 0 bridgehead atoms. The van der Waals surface area contributed by atoms with Gasteiger partial charge in [-0.05, 0) is 88.2 Å². The van der Waals surface area contributed by atoms with E-state index in [0.717, 1.165) is 6.92 Å². The van der Waals surface area contributed by atoms with Gasteiger partial charge < -0.3 is 29.2 Å². The molecule has 0 heterocycles. The summed E-state index contributed by atoms with van der Waals surface area (Å²) in [5.41, 5.74) is -20.3. The summed E-state index contributed by atoms with van der Waals surface area (Å²) in [7, 11) is 0. The number of hydrogen-bond acceptors (Lipinski definition) is 6. The van der Waals surface area contributed by atoms with Gasteiger partial charge in [0.15, 0.2) is 5.60 Å². The predicted molar refractivity (Wildman–Crippen MR) is 167 cm³/mol. The first-order chi connectivity index (χ1) is 26.9. The van der Waals surface area contributed by atoms with Crippen LogP contribution in [0.2, 0.25) is 0 Å². The molecule has 350 valence electrons. The van der Waals surface area contributed by atoms with Crippen molar-refractivity contribution in [2.24, 2.45) is 11.8 Å². The van der Waals surface area contributed by atoms with Crippen LogP contribution in [-0.4, -0.2) is 84.5 Å². The topological polar surface area (TPSA) is 77.4 Å². The van der Waals surface area contributed by atoms with Crippen molar-refractivity contribution in [1.29, 1.82) is 0 Å². The first-order valence-electron chi connectivity index (χ1n) is 18.1. The minimum Gasteiger partial charge on any atom is -0.380 e. The van der Waals surface area contributed by atoms with Crippen molar-refractivity contribution in [3.8, 4) is 0 Å². The Morgan fingerprint density at radius 1 is 0.517 bits per heavy atom. The zero-order valence-electron chi connectivity index (χ0n) is 31.6. The van der Waals surface area contributed by atoms with Crippen molar-refractivity contribution in [2.45, 2.75) is 156 Å². The van der Waals surface area contributed by atoms with Crippen LogP contribution in [0.15, 0.2) is 18.2 Å². The van der Waals surface area contributed by atoms with Crippen LogP contribution in [0, 0.1) is 11.8 Å². The van der Waals surface area contributed by atoms with Gasteiger partial charge in [-0.1, -0.05) is 26.0 Å². The van der Waals surface area contributed by atoms with Crippen molar-refractivity contribution >= 4 is 0 Å². The van der Waals surface area contributed by atoms with E-state index in [4.69, 9.17) is 9.47 Å². The van der Waals surface area contributed by atoms with Crippen LogP contribution in [0.3, 0.4) is 0 Å². The van der Waals surface area contributed by atoms with E-state index < -0.39 is 177 Å². The number of hydrogen-bond donors (Lipinski definition) is 2. The van der Waals surface area contributed by atoms with Crippen LogP contribution in [-0.2, 0) is 30.1 Å². The number of aliphatic hydroxyl groups is 2. The van der Waals surface area contributed by atoms with Gasteiger partial charge >= 0.3 is 42.9 Å². The summed E-state index contributed by atoms with van der Waals surface area (Å²) < 4.78 is 289. The fourth-order valence-electron chi connectivity index (χ4n) is 7.35. The van der Waals surface area contributed by atoms with E-state index in [0.29, 0.717) is 6.92 Å². The fourth-order valence-corrected chi connectivity index (χ4v) is 7.35. The molecule has 0 radical (unpaired) electrons. The number of rotatable bonds is 14. The van der Waals surface area contributed by atoms with Gasteiger partial charge in [-0.3, -0.25) is 0 Å². The van der Waals surface area contributed by atoms with E-state index in [2.05, 4.69) is 9.47 Å². The van der Waals surface area contributed by atoms with Crippen molar-refractivity contribution in [3.05, 3.63) is 34.9 Å². The zero-order valence-corrected chi connectivity index (χ0v) is 31.6. The Kier molecular flexibility index (Phi) is 15.3. The van der Waals surface area contributed by atoms with Crippen LogP contribution in [0.4, 0.5) is 83.4 Å². The smallest absolute Gasteiger partial charge is 0.380 e. The van der Waals surface area contributed by atoms with Gasteiger partial charge in [0.1, 0.15) is 13.6 Å². The third kappa shape index (κ3) is 10.2. The molecule has 0 aliphatic heterocycles. The lowest BCUT2D eigenvalue weighted by Gasteiger charge is -2.41. The van der Waals surface area contributed by atoms with Gasteiger partial charge in [0.05, 0.1) is 12.2 Å². The standard InChI is InChI=1S/C35H41F19O6/c1-4-18(2)19-13-22(27(31(40,41)42,32(43,44)45)59-16-57-24-9-5-20(6-10-24)26(3,55)30(37,38)39)15-23(14-19)28(33(46,47)48,34(49,50)51)60-17-58-25-11-7-21(8-12-25)29(36,56)35(52,53)54/h13-15,18,20-21,24-25,55-56H,4-12,16-17H2,1-3H3. The number of ether oxygens (including phenoxy) is 4. The summed E-state index contributed by atoms with van der Waals surface area (Å²) in [5, 5.41) is 19.2. The summed E-state index contributed by atoms with van der Waals surface area (Å²) in [6, 6.07) is -0.670. The monoisotopic (exact) mass is 918 g/mol. The second-order valence-corrected chi connectivity index (χ2v) is 15.1. The van der Waals surface area contributed by atoms with Crippen LogP contribution < -0.4 is 0 Å². The third-order valence-corrected chi connectivity index (χ3v) is 11.4. The number of alkyl halides is 19. The van der Waals surface area contributed by atoms with Crippen LogP contribution in [0.1, 0.15) is 101 Å². The van der Waals surface area contributed by atoms with Crippen molar-refractivity contribution in [3.63, 3.8) is 0 Å². The molecule has 2 fully saturated rings. The van der Waals surface area contributed by atoms with E-state index in [1.807, 2.05) is 0 Å². The minimum atomic E-state index is -6.74. The average molecular weight is 919 g/mol. The maximum Gasteiger partial charge on any atom is 0.448 e. The van der Waals surface area contributed by atoms with Gasteiger partial charge in [0.2, 0.25) is 0 Å². The third-order valence-electron chi connectivity index (χ3n) is 11.4. The molecule has 2 N–H and O–H groups in total. The molecule has 25 heteroatoms. The largest absolute Gasteiger partial charge is 0.448 e. The quantitative estimate of drug-likeness (QED) is 0.143. The van der Waals surface area contributed by atoms with Crippen molar-refractivity contribution < 1.29 is 113 Å². The first-order valence-corrected chi connectivity index (χ1v) is 18.1. The molecule has 1 aromatic carbocycles. The lowest BCUT2D eigenvalue weighted by Crippen LogP contribution is -2.58. The van der Waals surface area contributed by atoms with Crippen LogP contribution in [0.5, 0.6) is 0 Å². The van der Waals surface area contributed by atoms with E-state index >= 15 is 0 Å². The van der Waals surface area contributed by atoms with Crippen molar-refractivity contribution in [2.75, 3.05) is 13.6 Å². The molecular formula is C35H41F19O6. The highest BCUT2D eigenvalue weighted by atomic mass is 19.4. The summed E-state index contributed by atoms with van der Waals surface area (Å²) in [4.78, 5) is 0. The molecule has 3 atom stereocenters. The molecule has 0 spiro atoms. The highest BCUT2D eigenvalue weighted by molar-refractivity contribution is 5.42. The summed E-state index contributed by atoms with van der Waals surface area (Å²) in [6.45, 7) is -1.32. The van der Waals surface area contributed by atoms with Gasteiger partial charge in [-0.2, -0.15) is 79.0 Å². The number of benzene rings is 1. The lowest BCUT2D eigenvalue weighted by atomic mass is 9.76.